The molecule has 1 rings (SSSR count). The Morgan fingerprint density at radius 3 is 1.27 bits per heavy atom. The van der Waals surface area contributed by atoms with E-state index in [1.54, 1.807) is 30.3 Å². The van der Waals surface area contributed by atoms with E-state index in [1.165, 1.54) is 116 Å². The van der Waals surface area contributed by atoms with Crippen molar-refractivity contribution in [1.82, 2.24) is 0 Å². The van der Waals surface area contributed by atoms with Crippen molar-refractivity contribution < 1.29 is 65.4 Å². The molecule has 3 nitrogen and oxygen atoms in total. The summed E-state index contributed by atoms with van der Waals surface area (Å²) in [4.78, 5) is 0.244. The molecular formula is C28H51KO3S. The molecule has 188 valence electrons. The first-order valence-electron chi connectivity index (χ1n) is 13.6. The molecule has 0 amide bonds. The van der Waals surface area contributed by atoms with Crippen LogP contribution in [0.25, 0.3) is 0 Å². The first-order valence-corrected chi connectivity index (χ1v) is 15.0. The Hall–Kier alpha value is 0.766. The van der Waals surface area contributed by atoms with Gasteiger partial charge in [-0.3, -0.25) is 4.18 Å². The second kappa shape index (κ2) is 24.5. The van der Waals surface area contributed by atoms with E-state index in [2.05, 4.69) is 6.92 Å². The van der Waals surface area contributed by atoms with Crippen LogP contribution in [0.5, 0.6) is 0 Å². The molecule has 0 saturated heterocycles. The zero-order chi connectivity index (χ0) is 23.2. The Labute approximate surface area is 250 Å². The van der Waals surface area contributed by atoms with Crippen LogP contribution in [0.2, 0.25) is 0 Å². The standard InChI is InChI=1S/C28H50O3S.K.H/c1-2-3-4-5-6-7-8-9-10-11-12-13-14-15-16-17-18-19-20-24-27-31-32(29,30)28-25-22-21-23-26-28;;/h21-23,25-26H,2-20,24,27H2,1H3;;/q;+1;-1. The van der Waals surface area contributed by atoms with Gasteiger partial charge in [-0.25, -0.2) is 0 Å². The molecule has 0 radical (unpaired) electrons. The van der Waals surface area contributed by atoms with Crippen LogP contribution in [0, 0.1) is 0 Å². The molecular weight excluding hydrogens is 455 g/mol. The summed E-state index contributed by atoms with van der Waals surface area (Å²) >= 11 is 0. The minimum Gasteiger partial charge on any atom is -1.00 e. The van der Waals surface area contributed by atoms with Crippen molar-refractivity contribution in [3.63, 3.8) is 0 Å². The molecule has 0 bridgehead atoms. The van der Waals surface area contributed by atoms with Crippen LogP contribution in [-0.2, 0) is 14.3 Å². The van der Waals surface area contributed by atoms with E-state index < -0.39 is 10.1 Å². The molecule has 0 unspecified atom stereocenters. The Bertz CT molecular complexity index is 626. The van der Waals surface area contributed by atoms with Crippen molar-refractivity contribution in [1.29, 1.82) is 0 Å². The zero-order valence-electron chi connectivity index (χ0n) is 22.9. The van der Waals surface area contributed by atoms with Gasteiger partial charge < -0.3 is 1.43 Å². The summed E-state index contributed by atoms with van der Waals surface area (Å²) < 4.78 is 29.1. The maximum absolute atomic E-state index is 12.0. The molecule has 0 spiro atoms. The topological polar surface area (TPSA) is 43.4 Å². The van der Waals surface area contributed by atoms with E-state index in [0.717, 1.165) is 12.8 Å². The van der Waals surface area contributed by atoms with Crippen LogP contribution < -0.4 is 51.4 Å². The van der Waals surface area contributed by atoms with Crippen LogP contribution in [-0.4, -0.2) is 15.0 Å². The quantitative estimate of drug-likeness (QED) is 0.0989. The Kier molecular flexibility index (Phi) is 25.0. The van der Waals surface area contributed by atoms with Gasteiger partial charge >= 0.3 is 51.4 Å². The van der Waals surface area contributed by atoms with E-state index in [9.17, 15) is 8.42 Å². The number of hydrogen-bond acceptors (Lipinski definition) is 3. The Morgan fingerprint density at radius 2 is 0.909 bits per heavy atom. The smallest absolute Gasteiger partial charge is 1.00 e. The van der Waals surface area contributed by atoms with E-state index in [1.807, 2.05) is 0 Å². The molecule has 33 heavy (non-hydrogen) atoms. The summed E-state index contributed by atoms with van der Waals surface area (Å²) in [7, 11) is -3.59. The fourth-order valence-corrected chi connectivity index (χ4v) is 5.14. The SMILES string of the molecule is CCCCCCCCCCCCCCCCCCCCCCOS(=O)(=O)c1ccccc1.[H-].[K+]. The van der Waals surface area contributed by atoms with Gasteiger partial charge in [-0.1, -0.05) is 147 Å². The van der Waals surface area contributed by atoms with Crippen molar-refractivity contribution in [2.45, 2.75) is 140 Å². The third-order valence-corrected chi connectivity index (χ3v) is 7.59. The van der Waals surface area contributed by atoms with Gasteiger partial charge in [0.25, 0.3) is 10.1 Å². The molecule has 1 aromatic carbocycles. The number of rotatable bonds is 23. The van der Waals surface area contributed by atoms with Gasteiger partial charge in [-0.2, -0.15) is 8.42 Å². The van der Waals surface area contributed by atoms with Crippen LogP contribution in [0.3, 0.4) is 0 Å². The maximum atomic E-state index is 12.0. The molecule has 1 aromatic rings. The van der Waals surface area contributed by atoms with Crippen molar-refractivity contribution >= 4 is 10.1 Å². The van der Waals surface area contributed by atoms with Crippen molar-refractivity contribution in [3.05, 3.63) is 30.3 Å². The zero-order valence-corrected chi connectivity index (χ0v) is 25.8. The Morgan fingerprint density at radius 1 is 0.576 bits per heavy atom. The van der Waals surface area contributed by atoms with Crippen LogP contribution in [0.4, 0.5) is 0 Å². The van der Waals surface area contributed by atoms with Crippen molar-refractivity contribution in [2.75, 3.05) is 6.61 Å². The second-order valence-electron chi connectivity index (χ2n) is 9.31. The molecule has 0 N–H and O–H groups in total. The molecule has 0 fully saturated rings. The molecule has 0 heterocycles. The first kappa shape index (κ1) is 33.8. The van der Waals surface area contributed by atoms with Gasteiger partial charge in [-0.15, -0.1) is 0 Å². The predicted molar refractivity (Wildman–Crippen MR) is 139 cm³/mol. The first-order chi connectivity index (χ1) is 15.7. The van der Waals surface area contributed by atoms with Crippen molar-refractivity contribution in [2.24, 2.45) is 0 Å². The van der Waals surface area contributed by atoms with Crippen molar-refractivity contribution in [3.8, 4) is 0 Å². The predicted octanol–water partition coefficient (Wildman–Crippen LogP) is 6.33. The van der Waals surface area contributed by atoms with Gasteiger partial charge in [0.1, 0.15) is 0 Å². The van der Waals surface area contributed by atoms with Gasteiger partial charge in [-0.05, 0) is 18.6 Å². The molecule has 5 heteroatoms. The molecule has 0 atom stereocenters. The largest absolute Gasteiger partial charge is 1.00 e. The minimum atomic E-state index is -3.59. The van der Waals surface area contributed by atoms with E-state index in [0.29, 0.717) is 0 Å². The van der Waals surface area contributed by atoms with Crippen LogP contribution in [0.1, 0.15) is 137 Å². The minimum absolute atomic E-state index is 0. The van der Waals surface area contributed by atoms with Gasteiger partial charge in [0, 0.05) is 0 Å². The number of unbranched alkanes of at least 4 members (excludes halogenated alkanes) is 19. The normalized spacial score (nSPS) is 11.4. The van der Waals surface area contributed by atoms with Gasteiger partial charge in [0.15, 0.2) is 0 Å². The van der Waals surface area contributed by atoms with E-state index >= 15 is 0 Å². The summed E-state index contributed by atoms with van der Waals surface area (Å²) in [6, 6.07) is 8.39. The van der Waals surface area contributed by atoms with Gasteiger partial charge in [0.05, 0.1) is 11.5 Å². The van der Waals surface area contributed by atoms with E-state index in [-0.39, 0.29) is 64.3 Å². The van der Waals surface area contributed by atoms with Crippen LogP contribution >= 0.6 is 0 Å². The molecule has 0 saturated carbocycles. The summed E-state index contributed by atoms with van der Waals surface area (Å²) in [6.45, 7) is 2.57. The molecule has 0 aliphatic rings. The summed E-state index contributed by atoms with van der Waals surface area (Å²) in [5.74, 6) is 0. The monoisotopic (exact) mass is 506 g/mol. The van der Waals surface area contributed by atoms with Crippen LogP contribution in [0.15, 0.2) is 35.2 Å². The average Bonchev–Trinajstić information content (AvgIpc) is 2.80. The number of benzene rings is 1. The molecule has 0 aliphatic carbocycles. The summed E-state index contributed by atoms with van der Waals surface area (Å²) in [5.41, 5.74) is 0. The third kappa shape index (κ3) is 20.6. The maximum Gasteiger partial charge on any atom is 1.00 e. The second-order valence-corrected chi connectivity index (χ2v) is 10.9. The van der Waals surface area contributed by atoms with E-state index in [4.69, 9.17) is 4.18 Å². The third-order valence-electron chi connectivity index (χ3n) is 6.27. The molecule has 0 aliphatic heterocycles. The fourth-order valence-electron chi connectivity index (χ4n) is 4.18. The summed E-state index contributed by atoms with van der Waals surface area (Å²) in [6.07, 6.45) is 26.8. The number of hydrogen-bond donors (Lipinski definition) is 0. The molecule has 0 aromatic heterocycles. The average molecular weight is 507 g/mol. The summed E-state index contributed by atoms with van der Waals surface area (Å²) in [5, 5.41) is 0. The Balaban J connectivity index is 0. The fraction of sp³-hybridized carbons (Fsp3) is 0.786. The van der Waals surface area contributed by atoms with Gasteiger partial charge in [0.2, 0.25) is 0 Å².